The second-order valence-corrected chi connectivity index (χ2v) is 5.82. The molecule has 3 N–H and O–H groups in total. The molecule has 1 amide bonds. The predicted octanol–water partition coefficient (Wildman–Crippen LogP) is 1.26. The van der Waals surface area contributed by atoms with Gasteiger partial charge in [0.2, 0.25) is 5.91 Å². The highest BCUT2D eigenvalue weighted by Gasteiger charge is 2.44. The summed E-state index contributed by atoms with van der Waals surface area (Å²) in [5, 5.41) is 9.13. The monoisotopic (exact) mass is 300 g/mol. The Morgan fingerprint density at radius 1 is 1.41 bits per heavy atom. The van der Waals surface area contributed by atoms with Crippen LogP contribution in [0.1, 0.15) is 35.7 Å². The molecule has 0 aliphatic heterocycles. The molecule has 0 radical (unpaired) electrons. The van der Waals surface area contributed by atoms with Crippen LogP contribution in [0.4, 0.5) is 0 Å². The third kappa shape index (κ3) is 3.27. The molecule has 6 nitrogen and oxygen atoms in total. The van der Waals surface area contributed by atoms with Crippen molar-refractivity contribution in [3.8, 4) is 0 Å². The SMILES string of the molecule is Cc1ccccc1[C@@H]1C[C@@H]1C(=O)NCCCc1n[nH]c(=O)[nH]1. The fraction of sp³-hybridized carbons (Fsp3) is 0.438. The van der Waals surface area contributed by atoms with Crippen molar-refractivity contribution in [2.45, 2.75) is 32.1 Å². The van der Waals surface area contributed by atoms with Crippen LogP contribution in [0, 0.1) is 12.8 Å². The van der Waals surface area contributed by atoms with E-state index in [-0.39, 0.29) is 17.5 Å². The summed E-state index contributed by atoms with van der Waals surface area (Å²) >= 11 is 0. The second kappa shape index (κ2) is 6.17. The van der Waals surface area contributed by atoms with Gasteiger partial charge in [0.05, 0.1) is 0 Å². The number of aromatic nitrogens is 3. The van der Waals surface area contributed by atoms with Gasteiger partial charge in [-0.15, -0.1) is 0 Å². The van der Waals surface area contributed by atoms with Crippen molar-refractivity contribution >= 4 is 5.91 Å². The minimum atomic E-state index is -0.293. The lowest BCUT2D eigenvalue weighted by Crippen LogP contribution is -2.26. The Hall–Kier alpha value is -2.37. The van der Waals surface area contributed by atoms with Crippen LogP contribution >= 0.6 is 0 Å². The van der Waals surface area contributed by atoms with E-state index in [1.807, 2.05) is 12.1 Å². The van der Waals surface area contributed by atoms with Crippen LogP contribution in [0.5, 0.6) is 0 Å². The van der Waals surface area contributed by atoms with Crippen molar-refractivity contribution in [3.05, 3.63) is 51.7 Å². The quantitative estimate of drug-likeness (QED) is 0.701. The lowest BCUT2D eigenvalue weighted by Gasteiger charge is -2.06. The molecular weight excluding hydrogens is 280 g/mol. The fourth-order valence-electron chi connectivity index (χ4n) is 2.85. The Bertz CT molecular complexity index is 719. The molecule has 1 heterocycles. The van der Waals surface area contributed by atoms with Crippen LogP contribution in [-0.4, -0.2) is 27.6 Å². The van der Waals surface area contributed by atoms with Crippen molar-refractivity contribution in [2.24, 2.45) is 5.92 Å². The second-order valence-electron chi connectivity index (χ2n) is 5.82. The highest BCUT2D eigenvalue weighted by Crippen LogP contribution is 2.48. The van der Waals surface area contributed by atoms with Gasteiger partial charge in [-0.2, -0.15) is 5.10 Å². The Labute approximate surface area is 128 Å². The minimum Gasteiger partial charge on any atom is -0.356 e. The van der Waals surface area contributed by atoms with E-state index >= 15 is 0 Å². The smallest absolute Gasteiger partial charge is 0.340 e. The van der Waals surface area contributed by atoms with Crippen molar-refractivity contribution in [1.82, 2.24) is 20.5 Å². The number of carbonyl (C=O) groups excluding carboxylic acids is 1. The molecule has 1 aromatic heterocycles. The zero-order valence-electron chi connectivity index (χ0n) is 12.6. The number of H-pyrrole nitrogens is 2. The maximum atomic E-state index is 12.1. The van der Waals surface area contributed by atoms with E-state index in [0.29, 0.717) is 24.7 Å². The van der Waals surface area contributed by atoms with Gasteiger partial charge in [0.15, 0.2) is 0 Å². The first kappa shape index (κ1) is 14.6. The molecule has 22 heavy (non-hydrogen) atoms. The zero-order chi connectivity index (χ0) is 15.5. The van der Waals surface area contributed by atoms with E-state index in [2.05, 4.69) is 39.6 Å². The lowest BCUT2D eigenvalue weighted by atomic mass is 10.0. The van der Waals surface area contributed by atoms with Gasteiger partial charge < -0.3 is 5.32 Å². The van der Waals surface area contributed by atoms with Crippen molar-refractivity contribution in [1.29, 1.82) is 0 Å². The molecular formula is C16H20N4O2. The molecule has 2 atom stereocenters. The number of nitrogens with zero attached hydrogens (tertiary/aromatic N) is 1. The summed E-state index contributed by atoms with van der Waals surface area (Å²) in [6.45, 7) is 2.69. The Morgan fingerprint density at radius 3 is 2.95 bits per heavy atom. The third-order valence-electron chi connectivity index (χ3n) is 4.15. The summed E-state index contributed by atoms with van der Waals surface area (Å²) in [5.74, 6) is 1.22. The van der Waals surface area contributed by atoms with Gasteiger partial charge in [-0.25, -0.2) is 9.89 Å². The first-order chi connectivity index (χ1) is 10.6. The molecule has 116 valence electrons. The molecule has 0 bridgehead atoms. The minimum absolute atomic E-state index is 0.103. The lowest BCUT2D eigenvalue weighted by molar-refractivity contribution is -0.122. The fourth-order valence-corrected chi connectivity index (χ4v) is 2.85. The van der Waals surface area contributed by atoms with Crippen molar-refractivity contribution in [2.75, 3.05) is 6.54 Å². The zero-order valence-corrected chi connectivity index (χ0v) is 12.6. The Balaban J connectivity index is 1.42. The molecule has 1 aliphatic rings. The topological polar surface area (TPSA) is 90.6 Å². The maximum Gasteiger partial charge on any atom is 0.340 e. The number of hydrogen-bond donors (Lipinski definition) is 3. The molecule has 0 saturated heterocycles. The van der Waals surface area contributed by atoms with Gasteiger partial charge in [-0.05, 0) is 36.8 Å². The number of hydrogen-bond acceptors (Lipinski definition) is 3. The largest absolute Gasteiger partial charge is 0.356 e. The Morgan fingerprint density at radius 2 is 2.23 bits per heavy atom. The van der Waals surface area contributed by atoms with Crippen LogP contribution in [0.25, 0.3) is 0 Å². The Kier molecular flexibility index (Phi) is 4.09. The van der Waals surface area contributed by atoms with E-state index in [1.165, 1.54) is 11.1 Å². The van der Waals surface area contributed by atoms with Gasteiger partial charge in [-0.1, -0.05) is 24.3 Å². The van der Waals surface area contributed by atoms with E-state index in [1.54, 1.807) is 0 Å². The highest BCUT2D eigenvalue weighted by molar-refractivity contribution is 5.83. The molecule has 1 aromatic carbocycles. The van der Waals surface area contributed by atoms with E-state index in [9.17, 15) is 9.59 Å². The van der Waals surface area contributed by atoms with Crippen LogP contribution in [0.3, 0.4) is 0 Å². The van der Waals surface area contributed by atoms with Crippen LogP contribution in [0.2, 0.25) is 0 Å². The summed E-state index contributed by atoms with van der Waals surface area (Å²) in [5.41, 5.74) is 2.25. The number of aryl methyl sites for hydroxylation is 2. The van der Waals surface area contributed by atoms with Crippen LogP contribution in [0.15, 0.2) is 29.1 Å². The molecule has 3 rings (SSSR count). The highest BCUT2D eigenvalue weighted by atomic mass is 16.2. The van der Waals surface area contributed by atoms with Gasteiger partial charge in [0.1, 0.15) is 5.82 Å². The number of aromatic amines is 2. The van der Waals surface area contributed by atoms with Crippen molar-refractivity contribution < 1.29 is 4.79 Å². The number of benzene rings is 1. The number of nitrogens with one attached hydrogen (secondary N) is 3. The van der Waals surface area contributed by atoms with E-state index < -0.39 is 0 Å². The van der Waals surface area contributed by atoms with Gasteiger partial charge in [0, 0.05) is 18.9 Å². The molecule has 0 unspecified atom stereocenters. The third-order valence-corrected chi connectivity index (χ3v) is 4.15. The number of amides is 1. The summed E-state index contributed by atoms with van der Waals surface area (Å²) in [7, 11) is 0. The van der Waals surface area contributed by atoms with Crippen LogP contribution < -0.4 is 11.0 Å². The first-order valence-corrected chi connectivity index (χ1v) is 7.62. The van der Waals surface area contributed by atoms with E-state index in [4.69, 9.17) is 0 Å². The van der Waals surface area contributed by atoms with Crippen molar-refractivity contribution in [3.63, 3.8) is 0 Å². The predicted molar refractivity (Wildman–Crippen MR) is 82.6 cm³/mol. The summed E-state index contributed by atoms with van der Waals surface area (Å²) < 4.78 is 0. The van der Waals surface area contributed by atoms with Gasteiger partial charge >= 0.3 is 5.69 Å². The molecule has 2 aromatic rings. The normalized spacial score (nSPS) is 19.9. The average molecular weight is 300 g/mol. The number of carbonyl (C=O) groups is 1. The number of rotatable bonds is 6. The first-order valence-electron chi connectivity index (χ1n) is 7.62. The summed E-state index contributed by atoms with van der Waals surface area (Å²) in [4.78, 5) is 25.6. The average Bonchev–Trinajstić information content (AvgIpc) is 3.19. The molecule has 6 heteroatoms. The standard InChI is InChI=1S/C16H20N4O2/c1-10-5-2-3-6-11(10)12-9-13(12)15(21)17-8-4-7-14-18-16(22)20-19-14/h2-3,5-6,12-13H,4,7-9H2,1H3,(H,17,21)(H2,18,19,20,22)/t12-,13-/m0/s1. The molecule has 1 saturated carbocycles. The molecule has 0 spiro atoms. The van der Waals surface area contributed by atoms with E-state index in [0.717, 1.165) is 12.8 Å². The van der Waals surface area contributed by atoms with Crippen LogP contribution in [-0.2, 0) is 11.2 Å². The molecule has 1 fully saturated rings. The van der Waals surface area contributed by atoms with Gasteiger partial charge in [-0.3, -0.25) is 9.78 Å². The molecule has 1 aliphatic carbocycles. The van der Waals surface area contributed by atoms with Gasteiger partial charge in [0.25, 0.3) is 0 Å². The maximum absolute atomic E-state index is 12.1. The summed E-state index contributed by atoms with van der Waals surface area (Å²) in [6.07, 6.45) is 2.34. The summed E-state index contributed by atoms with van der Waals surface area (Å²) in [6, 6.07) is 8.25.